The quantitative estimate of drug-likeness (QED) is 0.786. The van der Waals surface area contributed by atoms with Gasteiger partial charge in [0, 0.05) is 17.7 Å². The highest BCUT2D eigenvalue weighted by Gasteiger charge is 2.12. The minimum absolute atomic E-state index is 0.242. The van der Waals surface area contributed by atoms with Crippen LogP contribution in [0.3, 0.4) is 0 Å². The Labute approximate surface area is 131 Å². The van der Waals surface area contributed by atoms with Gasteiger partial charge in [0.25, 0.3) is 0 Å². The Balaban J connectivity index is 1.73. The van der Waals surface area contributed by atoms with Gasteiger partial charge in [0.15, 0.2) is 0 Å². The van der Waals surface area contributed by atoms with Crippen LogP contribution in [0.4, 0.5) is 4.39 Å². The van der Waals surface area contributed by atoms with E-state index in [0.29, 0.717) is 0 Å². The average Bonchev–Trinajstić information content (AvgIpc) is 3.09. The number of rotatable bonds is 5. The molecule has 0 amide bonds. The van der Waals surface area contributed by atoms with Crippen molar-refractivity contribution in [3.8, 4) is 11.3 Å². The van der Waals surface area contributed by atoms with Crippen LogP contribution < -0.4 is 0 Å². The second-order valence-electron chi connectivity index (χ2n) is 5.16. The van der Waals surface area contributed by atoms with Gasteiger partial charge in [-0.25, -0.2) is 4.39 Å². The molecule has 0 aliphatic heterocycles. The van der Waals surface area contributed by atoms with E-state index in [-0.39, 0.29) is 5.82 Å². The zero-order valence-corrected chi connectivity index (χ0v) is 13.2. The molecular formula is C15H16FN5S. The number of benzene rings is 1. The topological polar surface area (TPSA) is 57.7 Å². The van der Waals surface area contributed by atoms with Crippen LogP contribution in [-0.2, 0) is 13.1 Å². The van der Waals surface area contributed by atoms with Crippen molar-refractivity contribution < 1.29 is 4.39 Å². The Bertz CT molecular complexity index is 749. The van der Waals surface area contributed by atoms with Gasteiger partial charge in [-0.3, -0.25) is 10.00 Å². The number of nitrogens with zero attached hydrogens (tertiary/aromatic N) is 4. The maximum atomic E-state index is 13.0. The number of halogens is 1. The monoisotopic (exact) mass is 317 g/mol. The number of hydrogen-bond acceptors (Lipinski definition) is 5. The van der Waals surface area contributed by atoms with Crippen molar-refractivity contribution in [1.29, 1.82) is 0 Å². The molecule has 0 aliphatic carbocycles. The second-order valence-corrected chi connectivity index (χ2v) is 6.43. The van der Waals surface area contributed by atoms with Gasteiger partial charge in [-0.15, -0.1) is 21.5 Å². The van der Waals surface area contributed by atoms with Crippen LogP contribution in [0, 0.1) is 12.7 Å². The lowest BCUT2D eigenvalue weighted by molar-refractivity contribution is 0.318. The van der Waals surface area contributed by atoms with Gasteiger partial charge in [-0.05, 0) is 38.2 Å². The summed E-state index contributed by atoms with van der Waals surface area (Å²) in [6.07, 6.45) is 1.81. The molecule has 0 spiro atoms. The smallest absolute Gasteiger partial charge is 0.131 e. The van der Waals surface area contributed by atoms with Crippen LogP contribution >= 0.6 is 11.3 Å². The summed E-state index contributed by atoms with van der Waals surface area (Å²) in [5.74, 6) is -0.242. The Kier molecular flexibility index (Phi) is 4.26. The van der Waals surface area contributed by atoms with E-state index in [4.69, 9.17) is 0 Å². The number of aromatic nitrogens is 4. The van der Waals surface area contributed by atoms with Crippen molar-refractivity contribution in [2.24, 2.45) is 0 Å². The fraction of sp³-hybridized carbons (Fsp3) is 0.267. The Hall–Kier alpha value is -2.12. The van der Waals surface area contributed by atoms with E-state index in [1.165, 1.54) is 12.1 Å². The number of H-pyrrole nitrogens is 1. The summed E-state index contributed by atoms with van der Waals surface area (Å²) in [6.45, 7) is 3.41. The highest BCUT2D eigenvalue weighted by molar-refractivity contribution is 7.11. The number of nitrogens with one attached hydrogen (secondary N) is 1. The minimum atomic E-state index is -0.242. The van der Waals surface area contributed by atoms with Gasteiger partial charge in [0.2, 0.25) is 0 Å². The molecule has 0 fully saturated rings. The molecule has 0 bridgehead atoms. The van der Waals surface area contributed by atoms with Crippen molar-refractivity contribution in [3.05, 3.63) is 51.9 Å². The Morgan fingerprint density at radius 1 is 1.18 bits per heavy atom. The van der Waals surface area contributed by atoms with E-state index >= 15 is 0 Å². The molecule has 7 heteroatoms. The fourth-order valence-corrected chi connectivity index (χ4v) is 3.07. The zero-order valence-electron chi connectivity index (χ0n) is 12.4. The largest absolute Gasteiger partial charge is 0.295 e. The first-order valence-electron chi connectivity index (χ1n) is 6.87. The van der Waals surface area contributed by atoms with Crippen LogP contribution in [0.5, 0.6) is 0 Å². The molecule has 0 aliphatic rings. The Morgan fingerprint density at radius 3 is 2.64 bits per heavy atom. The molecular weight excluding hydrogens is 301 g/mol. The first-order valence-corrected chi connectivity index (χ1v) is 7.69. The molecule has 1 aromatic carbocycles. The van der Waals surface area contributed by atoms with Crippen LogP contribution in [-0.4, -0.2) is 32.3 Å². The van der Waals surface area contributed by atoms with Crippen molar-refractivity contribution >= 4 is 11.3 Å². The maximum absolute atomic E-state index is 13.0. The van der Waals surface area contributed by atoms with Crippen LogP contribution in [0.25, 0.3) is 11.3 Å². The average molecular weight is 317 g/mol. The molecule has 3 rings (SSSR count). The highest BCUT2D eigenvalue weighted by atomic mass is 32.1. The van der Waals surface area contributed by atoms with Crippen LogP contribution in [0.1, 0.15) is 15.6 Å². The number of aryl methyl sites for hydroxylation is 1. The first kappa shape index (κ1) is 14.8. The number of hydrogen-bond donors (Lipinski definition) is 1. The summed E-state index contributed by atoms with van der Waals surface area (Å²) in [5.41, 5.74) is 2.91. The third-order valence-electron chi connectivity index (χ3n) is 3.26. The molecule has 0 atom stereocenters. The van der Waals surface area contributed by atoms with E-state index in [1.807, 2.05) is 14.0 Å². The van der Waals surface area contributed by atoms with E-state index < -0.39 is 0 Å². The summed E-state index contributed by atoms with van der Waals surface area (Å²) in [6, 6.07) is 6.41. The Morgan fingerprint density at radius 2 is 1.95 bits per heavy atom. The lowest BCUT2D eigenvalue weighted by atomic mass is 10.1. The van der Waals surface area contributed by atoms with E-state index in [2.05, 4.69) is 25.3 Å². The summed E-state index contributed by atoms with van der Waals surface area (Å²) >= 11 is 1.60. The fourth-order valence-electron chi connectivity index (χ4n) is 2.28. The normalized spacial score (nSPS) is 11.3. The number of aromatic amines is 1. The van der Waals surface area contributed by atoms with Gasteiger partial charge in [0.05, 0.1) is 18.4 Å². The van der Waals surface area contributed by atoms with Crippen LogP contribution in [0.15, 0.2) is 30.5 Å². The molecule has 5 nitrogen and oxygen atoms in total. The standard InChI is InChI=1S/C15H16FN5S/c1-10-18-19-14(22-10)9-21(2)8-12-7-17-20-15(12)11-3-5-13(16)6-4-11/h3-7H,8-9H2,1-2H3,(H,17,20). The van der Waals surface area contributed by atoms with Gasteiger partial charge in [0.1, 0.15) is 15.8 Å². The van der Waals surface area contributed by atoms with Crippen molar-refractivity contribution in [2.45, 2.75) is 20.0 Å². The van der Waals surface area contributed by atoms with Crippen molar-refractivity contribution in [2.75, 3.05) is 7.05 Å². The minimum Gasteiger partial charge on any atom is -0.295 e. The molecule has 0 unspecified atom stereocenters. The molecule has 3 aromatic rings. The summed E-state index contributed by atoms with van der Waals surface area (Å²) < 4.78 is 13.0. The molecule has 0 saturated carbocycles. The third kappa shape index (κ3) is 3.37. The highest BCUT2D eigenvalue weighted by Crippen LogP contribution is 2.23. The molecule has 2 heterocycles. The van der Waals surface area contributed by atoms with E-state index in [0.717, 1.165) is 39.9 Å². The first-order chi connectivity index (χ1) is 10.6. The zero-order chi connectivity index (χ0) is 15.5. The predicted octanol–water partition coefficient (Wildman–Crippen LogP) is 3.01. The summed E-state index contributed by atoms with van der Waals surface area (Å²) in [7, 11) is 2.03. The summed E-state index contributed by atoms with van der Waals surface area (Å²) in [4.78, 5) is 2.15. The lowest BCUT2D eigenvalue weighted by Gasteiger charge is -2.14. The molecule has 1 N–H and O–H groups in total. The SMILES string of the molecule is Cc1nnc(CN(C)Cc2cn[nH]c2-c2ccc(F)cc2)s1. The van der Waals surface area contributed by atoms with Crippen molar-refractivity contribution in [3.63, 3.8) is 0 Å². The summed E-state index contributed by atoms with van der Waals surface area (Å²) in [5, 5.41) is 17.2. The van der Waals surface area contributed by atoms with Gasteiger partial charge < -0.3 is 0 Å². The van der Waals surface area contributed by atoms with Gasteiger partial charge in [-0.2, -0.15) is 5.10 Å². The predicted molar refractivity (Wildman–Crippen MR) is 83.8 cm³/mol. The molecule has 2 aromatic heterocycles. The van der Waals surface area contributed by atoms with Crippen LogP contribution in [0.2, 0.25) is 0 Å². The van der Waals surface area contributed by atoms with Gasteiger partial charge in [-0.1, -0.05) is 0 Å². The third-order valence-corrected chi connectivity index (χ3v) is 4.09. The van der Waals surface area contributed by atoms with Crippen molar-refractivity contribution in [1.82, 2.24) is 25.3 Å². The van der Waals surface area contributed by atoms with E-state index in [9.17, 15) is 4.39 Å². The molecule has 114 valence electrons. The molecule has 22 heavy (non-hydrogen) atoms. The molecule has 0 saturated heterocycles. The van der Waals surface area contributed by atoms with E-state index in [1.54, 1.807) is 29.7 Å². The maximum Gasteiger partial charge on any atom is 0.131 e. The van der Waals surface area contributed by atoms with Gasteiger partial charge >= 0.3 is 0 Å². The molecule has 0 radical (unpaired) electrons. The lowest BCUT2D eigenvalue weighted by Crippen LogP contribution is -2.17. The second kappa shape index (κ2) is 6.33.